The van der Waals surface area contributed by atoms with E-state index in [2.05, 4.69) is 10.1 Å². The lowest BCUT2D eigenvalue weighted by Gasteiger charge is -2.11. The van der Waals surface area contributed by atoms with Crippen molar-refractivity contribution in [3.05, 3.63) is 76.7 Å². The van der Waals surface area contributed by atoms with Gasteiger partial charge in [-0.2, -0.15) is 23.5 Å². The molecule has 148 valence electrons. The molecule has 0 saturated heterocycles. The van der Waals surface area contributed by atoms with Crippen LogP contribution in [0.4, 0.5) is 13.2 Å². The molecule has 3 aromatic rings. The third kappa shape index (κ3) is 4.51. The molecule has 2 aromatic heterocycles. The summed E-state index contributed by atoms with van der Waals surface area (Å²) in [5.74, 6) is -0.357. The number of aromatic nitrogens is 3. The maximum Gasteiger partial charge on any atom is 0.417 e. The van der Waals surface area contributed by atoms with Gasteiger partial charge in [-0.3, -0.25) is 4.79 Å². The SMILES string of the molecule is CCCc1ccc(C#N)c(-n2ccc(CC(=O)c3ccccc3C(F)(F)F)n2)n1. The van der Waals surface area contributed by atoms with E-state index in [9.17, 15) is 23.2 Å². The third-order valence-corrected chi connectivity index (χ3v) is 4.30. The Morgan fingerprint density at radius 1 is 1.14 bits per heavy atom. The number of rotatable bonds is 6. The Morgan fingerprint density at radius 3 is 2.59 bits per heavy atom. The van der Waals surface area contributed by atoms with Crippen LogP contribution in [0.3, 0.4) is 0 Å². The molecule has 3 rings (SSSR count). The molecule has 29 heavy (non-hydrogen) atoms. The highest BCUT2D eigenvalue weighted by molar-refractivity contribution is 5.98. The van der Waals surface area contributed by atoms with Crippen LogP contribution in [0.25, 0.3) is 5.82 Å². The number of carbonyl (C=O) groups excluding carboxylic acids is 1. The molecule has 8 heteroatoms. The van der Waals surface area contributed by atoms with Crippen molar-refractivity contribution in [2.24, 2.45) is 0 Å². The number of alkyl halides is 3. The molecule has 0 N–H and O–H groups in total. The highest BCUT2D eigenvalue weighted by Gasteiger charge is 2.34. The van der Waals surface area contributed by atoms with Gasteiger partial charge in [0, 0.05) is 17.5 Å². The number of pyridine rings is 1. The molecule has 0 radical (unpaired) electrons. The fourth-order valence-electron chi connectivity index (χ4n) is 2.95. The first-order valence-corrected chi connectivity index (χ1v) is 8.98. The minimum atomic E-state index is -4.61. The highest BCUT2D eigenvalue weighted by Crippen LogP contribution is 2.32. The Morgan fingerprint density at radius 2 is 1.90 bits per heavy atom. The van der Waals surface area contributed by atoms with Crippen LogP contribution < -0.4 is 0 Å². The Hall–Kier alpha value is -3.47. The number of hydrogen-bond donors (Lipinski definition) is 0. The molecule has 0 aliphatic carbocycles. The average molecular weight is 398 g/mol. The summed E-state index contributed by atoms with van der Waals surface area (Å²) < 4.78 is 40.8. The summed E-state index contributed by atoms with van der Waals surface area (Å²) in [6.07, 6.45) is -1.75. The number of Topliss-reactive ketones (excluding diaryl/α,β-unsaturated/α-hetero) is 1. The summed E-state index contributed by atoms with van der Waals surface area (Å²) in [5, 5.41) is 13.6. The number of ketones is 1. The predicted molar refractivity (Wildman–Crippen MR) is 99.5 cm³/mol. The van der Waals surface area contributed by atoms with Crippen LogP contribution in [-0.4, -0.2) is 20.5 Å². The lowest BCUT2D eigenvalue weighted by molar-refractivity contribution is -0.137. The number of halogens is 3. The Kier molecular flexibility index (Phi) is 5.78. The van der Waals surface area contributed by atoms with E-state index in [0.717, 1.165) is 30.7 Å². The summed E-state index contributed by atoms with van der Waals surface area (Å²) in [5.41, 5.74) is 0.0426. The summed E-state index contributed by atoms with van der Waals surface area (Å²) in [7, 11) is 0. The number of aryl methyl sites for hydroxylation is 1. The lowest BCUT2D eigenvalue weighted by atomic mass is 10.0. The lowest BCUT2D eigenvalue weighted by Crippen LogP contribution is -2.14. The smallest absolute Gasteiger partial charge is 0.294 e. The molecule has 0 fully saturated rings. The van der Waals surface area contributed by atoms with Gasteiger partial charge in [0.05, 0.1) is 23.2 Å². The van der Waals surface area contributed by atoms with E-state index in [4.69, 9.17) is 0 Å². The van der Waals surface area contributed by atoms with Gasteiger partial charge in [0.25, 0.3) is 0 Å². The first-order valence-electron chi connectivity index (χ1n) is 8.98. The normalized spacial score (nSPS) is 11.3. The summed E-state index contributed by atoms with van der Waals surface area (Å²) in [6, 6.07) is 11.7. The van der Waals surface area contributed by atoms with E-state index >= 15 is 0 Å². The van der Waals surface area contributed by atoms with Crippen molar-refractivity contribution in [3.8, 4) is 11.9 Å². The number of nitriles is 1. The zero-order valence-electron chi connectivity index (χ0n) is 15.6. The molecule has 0 aliphatic heterocycles. The highest BCUT2D eigenvalue weighted by atomic mass is 19.4. The van der Waals surface area contributed by atoms with Crippen molar-refractivity contribution >= 4 is 5.78 Å². The number of hydrogen-bond acceptors (Lipinski definition) is 4. The Labute approximate surface area is 165 Å². The standard InChI is InChI=1S/C21H17F3N4O/c1-2-5-15-9-8-14(13-25)20(26-15)28-11-10-16(27-28)12-19(29)17-6-3-4-7-18(17)21(22,23)24/h3-4,6-11H,2,5,12H2,1H3. The van der Waals surface area contributed by atoms with Gasteiger partial charge in [-0.1, -0.05) is 31.5 Å². The van der Waals surface area contributed by atoms with Crippen LogP contribution in [0.2, 0.25) is 0 Å². The van der Waals surface area contributed by atoms with Crippen molar-refractivity contribution in [3.63, 3.8) is 0 Å². The minimum absolute atomic E-state index is 0.290. The number of benzene rings is 1. The average Bonchev–Trinajstić information content (AvgIpc) is 3.16. The predicted octanol–water partition coefficient (Wildman–Crippen LogP) is 4.54. The van der Waals surface area contributed by atoms with Gasteiger partial charge >= 0.3 is 6.18 Å². The van der Waals surface area contributed by atoms with Crippen LogP contribution in [0.1, 0.15) is 46.2 Å². The van der Waals surface area contributed by atoms with Gasteiger partial charge in [-0.25, -0.2) is 9.67 Å². The van der Waals surface area contributed by atoms with Crippen molar-refractivity contribution in [2.45, 2.75) is 32.4 Å². The quantitative estimate of drug-likeness (QED) is 0.572. The molecule has 0 aliphatic rings. The van der Waals surface area contributed by atoms with Crippen molar-refractivity contribution in [1.29, 1.82) is 5.26 Å². The maximum absolute atomic E-state index is 13.1. The van der Waals surface area contributed by atoms with Crippen molar-refractivity contribution < 1.29 is 18.0 Å². The zero-order chi connectivity index (χ0) is 21.0. The maximum atomic E-state index is 13.1. The zero-order valence-corrected chi connectivity index (χ0v) is 15.6. The molecular weight excluding hydrogens is 381 g/mol. The molecular formula is C21H17F3N4O. The van der Waals surface area contributed by atoms with Gasteiger partial charge < -0.3 is 0 Å². The molecule has 5 nitrogen and oxygen atoms in total. The number of nitrogens with zero attached hydrogens (tertiary/aromatic N) is 4. The summed E-state index contributed by atoms with van der Waals surface area (Å²) in [4.78, 5) is 16.9. The molecule has 2 heterocycles. The second kappa shape index (κ2) is 8.27. The van der Waals surface area contributed by atoms with E-state index in [1.807, 2.05) is 13.0 Å². The van der Waals surface area contributed by atoms with Crippen LogP contribution >= 0.6 is 0 Å². The molecule has 0 saturated carbocycles. The molecule has 0 bridgehead atoms. The topological polar surface area (TPSA) is 71.6 Å². The number of carbonyl (C=O) groups is 1. The van der Waals surface area contributed by atoms with Gasteiger partial charge in [-0.15, -0.1) is 0 Å². The molecule has 0 spiro atoms. The summed E-state index contributed by atoms with van der Waals surface area (Å²) >= 11 is 0. The molecule has 0 atom stereocenters. The minimum Gasteiger partial charge on any atom is -0.294 e. The monoisotopic (exact) mass is 398 g/mol. The van der Waals surface area contributed by atoms with Crippen LogP contribution in [0.5, 0.6) is 0 Å². The Balaban J connectivity index is 1.88. The molecule has 0 amide bonds. The third-order valence-electron chi connectivity index (χ3n) is 4.30. The van der Waals surface area contributed by atoms with E-state index < -0.39 is 23.1 Å². The van der Waals surface area contributed by atoms with E-state index in [1.165, 1.54) is 29.1 Å². The van der Waals surface area contributed by atoms with E-state index in [-0.39, 0.29) is 6.42 Å². The van der Waals surface area contributed by atoms with E-state index in [1.54, 1.807) is 12.1 Å². The Bertz CT molecular complexity index is 1080. The van der Waals surface area contributed by atoms with Crippen LogP contribution in [-0.2, 0) is 19.0 Å². The molecule has 0 unspecified atom stereocenters. The van der Waals surface area contributed by atoms with Gasteiger partial charge in [0.2, 0.25) is 0 Å². The second-order valence-electron chi connectivity index (χ2n) is 6.43. The fourth-order valence-corrected chi connectivity index (χ4v) is 2.95. The van der Waals surface area contributed by atoms with Gasteiger partial charge in [0.15, 0.2) is 11.6 Å². The fraction of sp³-hybridized carbons (Fsp3) is 0.238. The van der Waals surface area contributed by atoms with Crippen molar-refractivity contribution in [2.75, 3.05) is 0 Å². The van der Waals surface area contributed by atoms with Crippen LogP contribution in [0.15, 0.2) is 48.7 Å². The first-order chi connectivity index (χ1) is 13.8. The van der Waals surface area contributed by atoms with Crippen LogP contribution in [0, 0.1) is 11.3 Å². The van der Waals surface area contributed by atoms with Crippen molar-refractivity contribution in [1.82, 2.24) is 14.8 Å². The largest absolute Gasteiger partial charge is 0.417 e. The van der Waals surface area contributed by atoms with Gasteiger partial charge in [-0.05, 0) is 30.7 Å². The summed E-state index contributed by atoms with van der Waals surface area (Å²) in [6.45, 7) is 2.01. The second-order valence-corrected chi connectivity index (χ2v) is 6.43. The van der Waals surface area contributed by atoms with E-state index in [0.29, 0.717) is 17.1 Å². The first kappa shape index (κ1) is 20.3. The molecule has 1 aromatic carbocycles. The van der Waals surface area contributed by atoms with Gasteiger partial charge in [0.1, 0.15) is 6.07 Å².